The van der Waals surface area contributed by atoms with Crippen LogP contribution in [-0.2, 0) is 17.1 Å². The molecule has 1 atom stereocenters. The number of aromatic nitrogens is 3. The number of nitrogens with one attached hydrogen (secondary N) is 1. The van der Waals surface area contributed by atoms with Crippen LogP contribution in [-0.4, -0.2) is 28.9 Å². The quantitative estimate of drug-likeness (QED) is 0.795. The molecule has 6 nitrogen and oxygen atoms in total. The second kappa shape index (κ2) is 6.66. The topological polar surface area (TPSA) is 76.9 Å². The molecule has 0 unspecified atom stereocenters. The van der Waals surface area contributed by atoms with Crippen LogP contribution in [0.2, 0.25) is 4.34 Å². The van der Waals surface area contributed by atoms with Crippen molar-refractivity contribution in [2.45, 2.75) is 29.3 Å². The van der Waals surface area contributed by atoms with Gasteiger partial charge in [0.15, 0.2) is 11.0 Å². The van der Waals surface area contributed by atoms with Crippen molar-refractivity contribution in [3.8, 4) is 0 Å². The zero-order chi connectivity index (χ0) is 15.6. The Bertz CT molecular complexity index is 726. The highest BCUT2D eigenvalue weighted by atomic mass is 35.5. The molecular formula is C11H15ClN4O2S3. The van der Waals surface area contributed by atoms with Crippen LogP contribution in [0.15, 0.2) is 21.5 Å². The lowest BCUT2D eigenvalue weighted by molar-refractivity contribution is 0.552. The molecule has 0 saturated carbocycles. The normalized spacial score (nSPS) is 13.5. The van der Waals surface area contributed by atoms with E-state index in [9.17, 15) is 8.42 Å². The lowest BCUT2D eigenvalue weighted by atomic mass is 10.3. The first-order valence-electron chi connectivity index (χ1n) is 6.15. The van der Waals surface area contributed by atoms with E-state index in [4.69, 9.17) is 11.6 Å². The Balaban J connectivity index is 2.19. The van der Waals surface area contributed by atoms with E-state index in [0.717, 1.165) is 22.2 Å². The van der Waals surface area contributed by atoms with E-state index in [1.165, 1.54) is 6.07 Å². The number of nitrogens with zero attached hydrogens (tertiary/aromatic N) is 3. The molecule has 0 aliphatic carbocycles. The van der Waals surface area contributed by atoms with Crippen LogP contribution in [0.4, 0.5) is 0 Å². The van der Waals surface area contributed by atoms with Crippen molar-refractivity contribution >= 4 is 44.7 Å². The lowest BCUT2D eigenvalue weighted by Gasteiger charge is -2.13. The maximum atomic E-state index is 12.3. The number of hydrogen-bond acceptors (Lipinski definition) is 6. The van der Waals surface area contributed by atoms with Gasteiger partial charge in [0.25, 0.3) is 10.0 Å². The largest absolute Gasteiger partial charge is 0.308 e. The van der Waals surface area contributed by atoms with Crippen LogP contribution in [0.1, 0.15) is 25.7 Å². The molecule has 0 aromatic carbocycles. The summed E-state index contributed by atoms with van der Waals surface area (Å²) < 4.78 is 29.5. The minimum Gasteiger partial charge on any atom is -0.308 e. The first-order valence-corrected chi connectivity index (χ1v) is 9.81. The summed E-state index contributed by atoms with van der Waals surface area (Å²) in [7, 11) is -1.79. The van der Waals surface area contributed by atoms with Crippen molar-refractivity contribution in [2.24, 2.45) is 7.05 Å². The Morgan fingerprint density at radius 1 is 1.48 bits per heavy atom. The summed E-state index contributed by atoms with van der Waals surface area (Å²) in [4.78, 5) is 0. The maximum absolute atomic E-state index is 12.3. The Hall–Kier alpha value is -0.610. The fraction of sp³-hybridized carbons (Fsp3) is 0.455. The molecule has 21 heavy (non-hydrogen) atoms. The summed E-state index contributed by atoms with van der Waals surface area (Å²) in [5.74, 6) is 1.44. The van der Waals surface area contributed by atoms with Crippen molar-refractivity contribution in [1.82, 2.24) is 19.5 Å². The fourth-order valence-corrected chi connectivity index (χ4v) is 5.09. The zero-order valence-electron chi connectivity index (χ0n) is 11.7. The van der Waals surface area contributed by atoms with Crippen molar-refractivity contribution in [2.75, 3.05) is 5.75 Å². The highest BCUT2D eigenvalue weighted by molar-refractivity contribution is 7.99. The third-order valence-electron chi connectivity index (χ3n) is 2.67. The Labute approximate surface area is 137 Å². The average Bonchev–Trinajstić information content (AvgIpc) is 2.97. The molecule has 0 spiro atoms. The molecule has 0 saturated heterocycles. The van der Waals surface area contributed by atoms with Crippen LogP contribution < -0.4 is 4.72 Å². The standard InChI is InChI=1S/C11H15ClN4O2S3/c1-4-19-11-14-13-10(16(11)3)7(2)15-21(17,18)9-6-5-8(12)20-9/h5-7,15H,4H2,1-3H3/t7-/m1/s1. The van der Waals surface area contributed by atoms with E-state index in [1.807, 2.05) is 14.0 Å². The Morgan fingerprint density at radius 2 is 2.19 bits per heavy atom. The van der Waals surface area contributed by atoms with Crippen molar-refractivity contribution < 1.29 is 8.42 Å². The van der Waals surface area contributed by atoms with Crippen LogP contribution in [0.25, 0.3) is 0 Å². The number of thiophene rings is 1. The predicted octanol–water partition coefficient (Wildman–Crippen LogP) is 2.68. The molecule has 0 bridgehead atoms. The number of sulfonamides is 1. The minimum atomic E-state index is -3.61. The van der Waals surface area contributed by atoms with Gasteiger partial charge in [-0.25, -0.2) is 13.1 Å². The zero-order valence-corrected chi connectivity index (χ0v) is 14.9. The highest BCUT2D eigenvalue weighted by Gasteiger charge is 2.23. The van der Waals surface area contributed by atoms with Crippen LogP contribution in [0.3, 0.4) is 0 Å². The van der Waals surface area contributed by atoms with Gasteiger partial charge in [-0.3, -0.25) is 0 Å². The summed E-state index contributed by atoms with van der Waals surface area (Å²) in [6.07, 6.45) is 0. The van der Waals surface area contributed by atoms with Crippen LogP contribution in [0.5, 0.6) is 0 Å². The number of rotatable bonds is 6. The minimum absolute atomic E-state index is 0.185. The SMILES string of the molecule is CCSc1nnc([C@@H](C)NS(=O)(=O)c2ccc(Cl)s2)n1C. The fourth-order valence-electron chi connectivity index (χ4n) is 1.74. The van der Waals surface area contributed by atoms with Gasteiger partial charge < -0.3 is 4.57 Å². The monoisotopic (exact) mass is 366 g/mol. The van der Waals surface area contributed by atoms with E-state index in [2.05, 4.69) is 14.9 Å². The van der Waals surface area contributed by atoms with E-state index in [1.54, 1.807) is 29.3 Å². The molecule has 10 heteroatoms. The Morgan fingerprint density at radius 3 is 2.76 bits per heavy atom. The van der Waals surface area contributed by atoms with Crippen molar-refractivity contribution in [3.63, 3.8) is 0 Å². The third-order valence-corrected chi connectivity index (χ3v) is 6.84. The van der Waals surface area contributed by atoms with Gasteiger partial charge in [-0.1, -0.05) is 30.3 Å². The lowest BCUT2D eigenvalue weighted by Crippen LogP contribution is -2.28. The first-order chi connectivity index (χ1) is 9.85. The van der Waals surface area contributed by atoms with E-state index >= 15 is 0 Å². The van der Waals surface area contributed by atoms with Crippen LogP contribution in [0, 0.1) is 0 Å². The van der Waals surface area contributed by atoms with Gasteiger partial charge in [0.05, 0.1) is 10.4 Å². The first kappa shape index (κ1) is 16.8. The third kappa shape index (κ3) is 3.78. The molecule has 0 aliphatic heterocycles. The molecule has 2 aromatic heterocycles. The van der Waals surface area contributed by atoms with Gasteiger partial charge in [0, 0.05) is 7.05 Å². The molecule has 2 heterocycles. The molecule has 1 N–H and O–H groups in total. The summed E-state index contributed by atoms with van der Waals surface area (Å²) in [6, 6.07) is 2.56. The summed E-state index contributed by atoms with van der Waals surface area (Å²) >= 11 is 8.35. The molecule has 0 amide bonds. The number of hydrogen-bond donors (Lipinski definition) is 1. The van der Waals surface area contributed by atoms with Gasteiger partial charge in [-0.15, -0.1) is 21.5 Å². The highest BCUT2D eigenvalue weighted by Crippen LogP contribution is 2.27. The molecule has 2 rings (SSSR count). The second-order valence-electron chi connectivity index (χ2n) is 4.23. The average molecular weight is 367 g/mol. The van der Waals surface area contributed by atoms with Gasteiger partial charge in [-0.2, -0.15) is 0 Å². The molecular weight excluding hydrogens is 352 g/mol. The molecule has 0 aliphatic rings. The molecule has 2 aromatic rings. The van der Waals surface area contributed by atoms with Gasteiger partial charge in [-0.05, 0) is 24.8 Å². The van der Waals surface area contributed by atoms with Crippen LogP contribution >= 0.6 is 34.7 Å². The molecule has 0 fully saturated rings. The summed E-state index contributed by atoms with van der Waals surface area (Å²) in [5.41, 5.74) is 0. The predicted molar refractivity (Wildman–Crippen MR) is 85.5 cm³/mol. The van der Waals surface area contributed by atoms with Gasteiger partial charge in [0.1, 0.15) is 4.21 Å². The van der Waals surface area contributed by atoms with Gasteiger partial charge >= 0.3 is 0 Å². The summed E-state index contributed by atoms with van der Waals surface area (Å²) in [5, 5.41) is 8.88. The number of halogens is 1. The Kier molecular flexibility index (Phi) is 5.31. The van der Waals surface area contributed by atoms with Gasteiger partial charge in [0.2, 0.25) is 0 Å². The summed E-state index contributed by atoms with van der Waals surface area (Å²) in [6.45, 7) is 3.75. The molecule has 116 valence electrons. The van der Waals surface area contributed by atoms with E-state index in [0.29, 0.717) is 10.2 Å². The van der Waals surface area contributed by atoms with E-state index in [-0.39, 0.29) is 4.21 Å². The smallest absolute Gasteiger partial charge is 0.250 e. The van der Waals surface area contributed by atoms with Crippen molar-refractivity contribution in [3.05, 3.63) is 22.3 Å². The second-order valence-corrected chi connectivity index (χ2v) is 9.12. The van der Waals surface area contributed by atoms with Crippen molar-refractivity contribution in [1.29, 1.82) is 0 Å². The number of thioether (sulfide) groups is 1. The molecule has 0 radical (unpaired) electrons. The maximum Gasteiger partial charge on any atom is 0.250 e. The van der Waals surface area contributed by atoms with E-state index < -0.39 is 16.1 Å².